The van der Waals surface area contributed by atoms with Crippen LogP contribution in [-0.2, 0) is 32.3 Å². The van der Waals surface area contributed by atoms with Crippen molar-refractivity contribution in [2.75, 3.05) is 11.6 Å². The standard InChI is InChI=1S/C33H30N2O4/c36-32(38-23-26-10-4-1-5-11-26)22-31(33(37)39-24-27-12-6-2-7-13-27)35-21-20-34(25-35)30-18-16-29(17-19-30)28-14-8-3-9-15-28/h1-21,31H,22-25H2. The Balaban J connectivity index is 1.25. The molecule has 1 atom stereocenters. The summed E-state index contributed by atoms with van der Waals surface area (Å²) in [5.74, 6) is -0.930. The largest absolute Gasteiger partial charge is 0.461 e. The second-order valence-electron chi connectivity index (χ2n) is 9.30. The summed E-state index contributed by atoms with van der Waals surface area (Å²) < 4.78 is 11.1. The van der Waals surface area contributed by atoms with Gasteiger partial charge in [-0.15, -0.1) is 0 Å². The summed E-state index contributed by atoms with van der Waals surface area (Å²) in [4.78, 5) is 29.9. The number of rotatable bonds is 10. The second-order valence-corrected chi connectivity index (χ2v) is 9.30. The number of carbonyl (C=O) groups is 2. The van der Waals surface area contributed by atoms with Gasteiger partial charge in [0.1, 0.15) is 19.3 Å². The number of hydrogen-bond acceptors (Lipinski definition) is 6. The Bertz CT molecular complexity index is 1390. The molecule has 4 aromatic carbocycles. The van der Waals surface area contributed by atoms with Crippen LogP contribution in [0.2, 0.25) is 0 Å². The fourth-order valence-corrected chi connectivity index (χ4v) is 4.40. The fourth-order valence-electron chi connectivity index (χ4n) is 4.40. The van der Waals surface area contributed by atoms with E-state index in [-0.39, 0.29) is 19.6 Å². The molecule has 1 unspecified atom stereocenters. The molecule has 0 aliphatic carbocycles. The quantitative estimate of drug-likeness (QED) is 0.235. The smallest absolute Gasteiger partial charge is 0.329 e. The minimum Gasteiger partial charge on any atom is -0.461 e. The zero-order valence-electron chi connectivity index (χ0n) is 21.6. The summed E-state index contributed by atoms with van der Waals surface area (Å²) in [6.07, 6.45) is 3.61. The van der Waals surface area contributed by atoms with Gasteiger partial charge in [-0.1, -0.05) is 103 Å². The first kappa shape index (κ1) is 25.8. The van der Waals surface area contributed by atoms with E-state index in [0.717, 1.165) is 27.9 Å². The van der Waals surface area contributed by atoms with E-state index in [4.69, 9.17) is 9.47 Å². The Kier molecular flexibility index (Phi) is 8.34. The lowest BCUT2D eigenvalue weighted by molar-refractivity contribution is -0.157. The molecule has 0 amide bonds. The Morgan fingerprint density at radius 2 is 1.18 bits per heavy atom. The van der Waals surface area contributed by atoms with Crippen LogP contribution in [0.1, 0.15) is 17.5 Å². The first-order valence-electron chi connectivity index (χ1n) is 12.9. The number of hydrogen-bond donors (Lipinski definition) is 0. The Morgan fingerprint density at radius 1 is 0.641 bits per heavy atom. The van der Waals surface area contributed by atoms with Gasteiger partial charge in [0.05, 0.1) is 13.1 Å². The Morgan fingerprint density at radius 3 is 1.79 bits per heavy atom. The molecule has 0 saturated carbocycles. The SMILES string of the molecule is O=C(CC(C(=O)OCc1ccccc1)N1C=CN(c2ccc(-c3ccccc3)cc2)C1)OCc1ccccc1. The van der Waals surface area contributed by atoms with E-state index in [0.29, 0.717) is 6.67 Å². The third kappa shape index (κ3) is 6.93. The number of esters is 2. The van der Waals surface area contributed by atoms with Crippen LogP contribution >= 0.6 is 0 Å². The van der Waals surface area contributed by atoms with Gasteiger partial charge < -0.3 is 19.3 Å². The third-order valence-electron chi connectivity index (χ3n) is 6.56. The van der Waals surface area contributed by atoms with E-state index < -0.39 is 18.0 Å². The molecule has 39 heavy (non-hydrogen) atoms. The molecule has 0 fully saturated rings. The number of anilines is 1. The molecule has 5 rings (SSSR count). The molecule has 0 spiro atoms. The molecule has 196 valence electrons. The highest BCUT2D eigenvalue weighted by Crippen LogP contribution is 2.26. The van der Waals surface area contributed by atoms with Crippen molar-refractivity contribution >= 4 is 17.6 Å². The molecular weight excluding hydrogens is 488 g/mol. The number of carbonyl (C=O) groups excluding carboxylic acids is 2. The van der Waals surface area contributed by atoms with E-state index in [1.165, 1.54) is 0 Å². The van der Waals surface area contributed by atoms with Crippen LogP contribution in [-0.4, -0.2) is 29.5 Å². The van der Waals surface area contributed by atoms with Gasteiger partial charge in [0, 0.05) is 18.1 Å². The van der Waals surface area contributed by atoms with Gasteiger partial charge in [-0.25, -0.2) is 4.79 Å². The first-order valence-corrected chi connectivity index (χ1v) is 12.9. The highest BCUT2D eigenvalue weighted by atomic mass is 16.5. The predicted octanol–water partition coefficient (Wildman–Crippen LogP) is 6.15. The Labute approximate surface area is 228 Å². The predicted molar refractivity (Wildman–Crippen MR) is 151 cm³/mol. The molecule has 6 nitrogen and oxygen atoms in total. The van der Waals surface area contributed by atoms with Crippen LogP contribution in [0.4, 0.5) is 5.69 Å². The Hall–Kier alpha value is -4.84. The van der Waals surface area contributed by atoms with E-state index in [1.807, 2.05) is 113 Å². The molecule has 1 aliphatic rings. The average Bonchev–Trinajstić information content (AvgIpc) is 3.49. The van der Waals surface area contributed by atoms with Crippen molar-refractivity contribution in [1.82, 2.24) is 4.90 Å². The van der Waals surface area contributed by atoms with E-state index >= 15 is 0 Å². The number of nitrogens with zero attached hydrogens (tertiary/aromatic N) is 2. The van der Waals surface area contributed by atoms with Crippen LogP contribution in [0.3, 0.4) is 0 Å². The fraction of sp³-hybridized carbons (Fsp3) is 0.152. The van der Waals surface area contributed by atoms with Gasteiger partial charge in [0.25, 0.3) is 0 Å². The minimum absolute atomic E-state index is 0.119. The molecular formula is C33H30N2O4. The van der Waals surface area contributed by atoms with Crippen molar-refractivity contribution in [2.45, 2.75) is 25.7 Å². The zero-order chi connectivity index (χ0) is 26.9. The lowest BCUT2D eigenvalue weighted by atomic mass is 10.1. The number of benzene rings is 4. The van der Waals surface area contributed by atoms with Gasteiger partial charge >= 0.3 is 11.9 Å². The maximum absolute atomic E-state index is 13.2. The summed E-state index contributed by atoms with van der Waals surface area (Å²) in [6, 6.07) is 36.6. The van der Waals surface area contributed by atoms with Gasteiger partial charge in [-0.2, -0.15) is 0 Å². The van der Waals surface area contributed by atoms with Crippen molar-refractivity contribution in [3.8, 4) is 11.1 Å². The molecule has 6 heteroatoms. The molecule has 0 radical (unpaired) electrons. The third-order valence-corrected chi connectivity index (χ3v) is 6.56. The molecule has 4 aromatic rings. The van der Waals surface area contributed by atoms with Crippen LogP contribution in [0.25, 0.3) is 11.1 Å². The summed E-state index contributed by atoms with van der Waals surface area (Å²) >= 11 is 0. The van der Waals surface area contributed by atoms with Crippen molar-refractivity contribution in [1.29, 1.82) is 0 Å². The van der Waals surface area contributed by atoms with Crippen LogP contribution in [0, 0.1) is 0 Å². The highest BCUT2D eigenvalue weighted by Gasteiger charge is 2.32. The molecule has 0 aromatic heterocycles. The van der Waals surface area contributed by atoms with Crippen LogP contribution in [0.5, 0.6) is 0 Å². The van der Waals surface area contributed by atoms with E-state index in [2.05, 4.69) is 24.3 Å². The van der Waals surface area contributed by atoms with Crippen LogP contribution in [0.15, 0.2) is 128 Å². The molecule has 0 saturated heterocycles. The monoisotopic (exact) mass is 518 g/mol. The zero-order valence-corrected chi connectivity index (χ0v) is 21.6. The lowest BCUT2D eigenvalue weighted by Crippen LogP contribution is -2.42. The topological polar surface area (TPSA) is 59.1 Å². The molecule has 0 bridgehead atoms. The van der Waals surface area contributed by atoms with E-state index in [1.54, 1.807) is 0 Å². The summed E-state index contributed by atoms with van der Waals surface area (Å²) in [5, 5.41) is 0. The molecule has 1 heterocycles. The van der Waals surface area contributed by atoms with Crippen LogP contribution < -0.4 is 4.90 Å². The summed E-state index contributed by atoms with van der Waals surface area (Å²) in [7, 11) is 0. The minimum atomic E-state index is -0.818. The summed E-state index contributed by atoms with van der Waals surface area (Å²) in [5.41, 5.74) is 5.03. The van der Waals surface area contributed by atoms with Crippen molar-refractivity contribution in [3.63, 3.8) is 0 Å². The van der Waals surface area contributed by atoms with Gasteiger partial charge in [0.2, 0.25) is 0 Å². The maximum atomic E-state index is 13.2. The number of ether oxygens (including phenoxy) is 2. The normalized spacial score (nSPS) is 13.2. The second kappa shape index (κ2) is 12.6. The maximum Gasteiger partial charge on any atom is 0.329 e. The molecule has 0 N–H and O–H groups in total. The highest BCUT2D eigenvalue weighted by molar-refractivity contribution is 5.83. The van der Waals surface area contributed by atoms with Gasteiger partial charge in [-0.05, 0) is 34.4 Å². The van der Waals surface area contributed by atoms with Gasteiger partial charge in [0.15, 0.2) is 0 Å². The first-order chi connectivity index (χ1) is 19.2. The average molecular weight is 519 g/mol. The van der Waals surface area contributed by atoms with E-state index in [9.17, 15) is 9.59 Å². The lowest BCUT2D eigenvalue weighted by Gasteiger charge is -2.28. The van der Waals surface area contributed by atoms with Crippen molar-refractivity contribution in [3.05, 3.63) is 139 Å². The van der Waals surface area contributed by atoms with Crippen molar-refractivity contribution < 1.29 is 19.1 Å². The van der Waals surface area contributed by atoms with Gasteiger partial charge in [-0.3, -0.25) is 4.79 Å². The summed E-state index contributed by atoms with van der Waals surface area (Å²) in [6.45, 7) is 0.695. The molecule has 1 aliphatic heterocycles. The van der Waals surface area contributed by atoms with Crippen molar-refractivity contribution in [2.24, 2.45) is 0 Å².